The van der Waals surface area contributed by atoms with Crippen LogP contribution < -0.4 is 10.1 Å². The third-order valence-electron chi connectivity index (χ3n) is 2.46. The molecule has 1 amide bonds. The van der Waals surface area contributed by atoms with Gasteiger partial charge in [-0.2, -0.15) is 0 Å². The van der Waals surface area contributed by atoms with E-state index >= 15 is 0 Å². The standard InChI is InChI=1S/C12H14FNO2/c1-8-2-5-10(6-11(8)13)16-7-12(15)14-9-3-4-9/h2,5-6,9H,3-4,7H2,1H3,(H,14,15). The minimum absolute atomic E-state index is 0.0565. The van der Waals surface area contributed by atoms with Crippen molar-refractivity contribution in [3.63, 3.8) is 0 Å². The van der Waals surface area contributed by atoms with Crippen molar-refractivity contribution < 1.29 is 13.9 Å². The maximum absolute atomic E-state index is 13.1. The molecule has 0 spiro atoms. The van der Waals surface area contributed by atoms with Gasteiger partial charge >= 0.3 is 0 Å². The number of hydrogen-bond acceptors (Lipinski definition) is 2. The summed E-state index contributed by atoms with van der Waals surface area (Å²) in [6, 6.07) is 4.90. The molecule has 0 radical (unpaired) electrons. The van der Waals surface area contributed by atoms with Crippen molar-refractivity contribution in [3.8, 4) is 5.75 Å². The van der Waals surface area contributed by atoms with Crippen LogP contribution in [0.3, 0.4) is 0 Å². The highest BCUT2D eigenvalue weighted by atomic mass is 19.1. The van der Waals surface area contributed by atoms with E-state index in [1.165, 1.54) is 6.07 Å². The fourth-order valence-corrected chi connectivity index (χ4v) is 1.31. The lowest BCUT2D eigenvalue weighted by Gasteiger charge is -2.07. The highest BCUT2D eigenvalue weighted by molar-refractivity contribution is 5.78. The molecule has 0 unspecified atom stereocenters. The fourth-order valence-electron chi connectivity index (χ4n) is 1.31. The molecule has 0 bridgehead atoms. The first-order valence-corrected chi connectivity index (χ1v) is 5.33. The average molecular weight is 223 g/mol. The summed E-state index contributed by atoms with van der Waals surface area (Å²) in [6.45, 7) is 1.62. The van der Waals surface area contributed by atoms with Gasteiger partial charge in [0.1, 0.15) is 11.6 Å². The van der Waals surface area contributed by atoms with Crippen molar-refractivity contribution in [3.05, 3.63) is 29.6 Å². The van der Waals surface area contributed by atoms with Crippen LogP contribution in [0.25, 0.3) is 0 Å². The van der Waals surface area contributed by atoms with Gasteiger partial charge in [0.15, 0.2) is 6.61 Å². The lowest BCUT2D eigenvalue weighted by Crippen LogP contribution is -2.30. The first kappa shape index (κ1) is 10.9. The van der Waals surface area contributed by atoms with E-state index in [1.54, 1.807) is 19.1 Å². The molecule has 1 aliphatic carbocycles. The molecule has 1 aliphatic rings. The molecule has 3 nitrogen and oxygen atoms in total. The van der Waals surface area contributed by atoms with Gasteiger partial charge < -0.3 is 10.1 Å². The number of rotatable bonds is 4. The minimum atomic E-state index is -0.319. The zero-order chi connectivity index (χ0) is 11.5. The van der Waals surface area contributed by atoms with Gasteiger partial charge in [0.25, 0.3) is 5.91 Å². The number of carbonyl (C=O) groups is 1. The van der Waals surface area contributed by atoms with Crippen molar-refractivity contribution >= 4 is 5.91 Å². The lowest BCUT2D eigenvalue weighted by molar-refractivity contribution is -0.123. The number of ether oxygens (including phenoxy) is 1. The fraction of sp³-hybridized carbons (Fsp3) is 0.417. The summed E-state index contributed by atoms with van der Waals surface area (Å²) in [5.41, 5.74) is 0.565. The van der Waals surface area contributed by atoms with Crippen LogP contribution in [0.15, 0.2) is 18.2 Å². The molecule has 0 aromatic heterocycles. The zero-order valence-electron chi connectivity index (χ0n) is 9.13. The maximum atomic E-state index is 13.1. The molecule has 0 atom stereocenters. The molecule has 16 heavy (non-hydrogen) atoms. The second kappa shape index (κ2) is 4.51. The molecule has 1 aromatic rings. The SMILES string of the molecule is Cc1ccc(OCC(=O)NC2CC2)cc1F. The molecule has 86 valence electrons. The monoisotopic (exact) mass is 223 g/mol. The van der Waals surface area contributed by atoms with E-state index in [-0.39, 0.29) is 18.3 Å². The summed E-state index contributed by atoms with van der Waals surface area (Å²) >= 11 is 0. The van der Waals surface area contributed by atoms with Gasteiger partial charge in [-0.25, -0.2) is 4.39 Å². The molecule has 0 saturated heterocycles. The topological polar surface area (TPSA) is 38.3 Å². The summed E-state index contributed by atoms with van der Waals surface area (Å²) in [4.78, 5) is 11.3. The first-order valence-electron chi connectivity index (χ1n) is 5.33. The van der Waals surface area contributed by atoms with Gasteiger partial charge in [-0.15, -0.1) is 0 Å². The number of amides is 1. The number of benzene rings is 1. The number of hydrogen-bond donors (Lipinski definition) is 1. The predicted molar refractivity (Wildman–Crippen MR) is 57.8 cm³/mol. The van der Waals surface area contributed by atoms with Crippen molar-refractivity contribution in [1.29, 1.82) is 0 Å². The van der Waals surface area contributed by atoms with E-state index < -0.39 is 0 Å². The quantitative estimate of drug-likeness (QED) is 0.845. The molecular formula is C12H14FNO2. The molecule has 2 rings (SSSR count). The maximum Gasteiger partial charge on any atom is 0.258 e. The summed E-state index contributed by atoms with van der Waals surface area (Å²) in [5.74, 6) is -0.0855. The molecule has 1 N–H and O–H groups in total. The second-order valence-electron chi connectivity index (χ2n) is 4.04. The van der Waals surface area contributed by atoms with Crippen LogP contribution in [0, 0.1) is 12.7 Å². The molecular weight excluding hydrogens is 209 g/mol. The largest absolute Gasteiger partial charge is 0.484 e. The van der Waals surface area contributed by atoms with Crippen LogP contribution in [-0.4, -0.2) is 18.6 Å². The van der Waals surface area contributed by atoms with E-state index in [9.17, 15) is 9.18 Å². The Morgan fingerprint density at radius 2 is 2.31 bits per heavy atom. The Morgan fingerprint density at radius 1 is 1.56 bits per heavy atom. The summed E-state index contributed by atoms with van der Waals surface area (Å²) in [6.07, 6.45) is 2.09. The smallest absolute Gasteiger partial charge is 0.258 e. The van der Waals surface area contributed by atoms with E-state index in [2.05, 4.69) is 5.32 Å². The van der Waals surface area contributed by atoms with E-state index in [4.69, 9.17) is 4.74 Å². The zero-order valence-corrected chi connectivity index (χ0v) is 9.13. The van der Waals surface area contributed by atoms with Crippen LogP contribution in [0.2, 0.25) is 0 Å². The Kier molecular flexibility index (Phi) is 3.08. The molecule has 0 heterocycles. The second-order valence-corrected chi connectivity index (χ2v) is 4.04. The molecule has 1 aromatic carbocycles. The van der Waals surface area contributed by atoms with Gasteiger partial charge in [-0.3, -0.25) is 4.79 Å². The van der Waals surface area contributed by atoms with Gasteiger partial charge in [-0.05, 0) is 31.4 Å². The van der Waals surface area contributed by atoms with Crippen LogP contribution in [-0.2, 0) is 4.79 Å². The van der Waals surface area contributed by atoms with Crippen molar-refractivity contribution in [2.45, 2.75) is 25.8 Å². The first-order chi connectivity index (χ1) is 7.65. The lowest BCUT2D eigenvalue weighted by atomic mass is 10.2. The molecule has 1 fully saturated rings. The minimum Gasteiger partial charge on any atom is -0.484 e. The highest BCUT2D eigenvalue weighted by Crippen LogP contribution is 2.19. The Labute approximate surface area is 93.6 Å². The third kappa shape index (κ3) is 2.95. The predicted octanol–water partition coefficient (Wildman–Crippen LogP) is 1.79. The third-order valence-corrected chi connectivity index (χ3v) is 2.46. The van der Waals surface area contributed by atoms with Crippen molar-refractivity contribution in [1.82, 2.24) is 5.32 Å². The highest BCUT2D eigenvalue weighted by Gasteiger charge is 2.23. The van der Waals surface area contributed by atoms with Gasteiger partial charge in [0, 0.05) is 12.1 Å². The van der Waals surface area contributed by atoms with Crippen LogP contribution in [0.1, 0.15) is 18.4 Å². The summed E-state index contributed by atoms with van der Waals surface area (Å²) < 4.78 is 18.3. The van der Waals surface area contributed by atoms with Gasteiger partial charge in [-0.1, -0.05) is 6.07 Å². The van der Waals surface area contributed by atoms with Crippen LogP contribution >= 0.6 is 0 Å². The Morgan fingerprint density at radius 3 is 2.94 bits per heavy atom. The van der Waals surface area contributed by atoms with Crippen LogP contribution in [0.4, 0.5) is 4.39 Å². The number of carbonyl (C=O) groups excluding carboxylic acids is 1. The Balaban J connectivity index is 1.83. The van der Waals surface area contributed by atoms with Crippen molar-refractivity contribution in [2.75, 3.05) is 6.61 Å². The van der Waals surface area contributed by atoms with Gasteiger partial charge in [0.05, 0.1) is 0 Å². The van der Waals surface area contributed by atoms with E-state index in [0.29, 0.717) is 17.4 Å². The average Bonchev–Trinajstić information content (AvgIpc) is 3.04. The summed E-state index contributed by atoms with van der Waals surface area (Å²) in [7, 11) is 0. The number of aryl methyl sites for hydroxylation is 1. The van der Waals surface area contributed by atoms with Crippen molar-refractivity contribution in [2.24, 2.45) is 0 Å². The molecule has 0 aliphatic heterocycles. The normalized spacial score (nSPS) is 14.6. The van der Waals surface area contributed by atoms with Gasteiger partial charge in [0.2, 0.25) is 0 Å². The van der Waals surface area contributed by atoms with Crippen LogP contribution in [0.5, 0.6) is 5.75 Å². The van der Waals surface area contributed by atoms with E-state index in [1.807, 2.05) is 0 Å². The van der Waals surface area contributed by atoms with E-state index in [0.717, 1.165) is 12.8 Å². The molecule has 1 saturated carbocycles. The Hall–Kier alpha value is -1.58. The summed E-state index contributed by atoms with van der Waals surface area (Å²) in [5, 5.41) is 2.79. The number of halogens is 1. The molecule has 4 heteroatoms. The number of nitrogens with one attached hydrogen (secondary N) is 1. The Bertz CT molecular complexity index is 402.